The maximum absolute atomic E-state index is 11.7. The number of rotatable bonds is 6. The monoisotopic (exact) mass is 323 g/mol. The first-order valence-electron chi connectivity index (χ1n) is 7.55. The molecule has 7 nitrogen and oxygen atoms in total. The van der Waals surface area contributed by atoms with Crippen molar-refractivity contribution in [2.24, 2.45) is 0 Å². The minimum atomic E-state index is -0.444. The van der Waals surface area contributed by atoms with Gasteiger partial charge >= 0.3 is 6.09 Å². The number of hydrogen-bond acceptors (Lipinski definition) is 5. The summed E-state index contributed by atoms with van der Waals surface area (Å²) in [4.78, 5) is 24.3. The molecule has 1 amide bonds. The SMILES string of the molecule is O=C(NCCn1ccnc1-c1cnccn1)OCc1ccccc1. The van der Waals surface area contributed by atoms with E-state index in [9.17, 15) is 4.79 Å². The Morgan fingerprint density at radius 2 is 2.00 bits per heavy atom. The van der Waals surface area contributed by atoms with Crippen LogP contribution < -0.4 is 5.32 Å². The molecule has 0 spiro atoms. The predicted octanol–water partition coefficient (Wildman–Crippen LogP) is 2.27. The molecule has 3 rings (SSSR count). The molecule has 0 saturated carbocycles. The van der Waals surface area contributed by atoms with E-state index in [1.807, 2.05) is 41.1 Å². The summed E-state index contributed by atoms with van der Waals surface area (Å²) in [5, 5.41) is 2.72. The zero-order valence-corrected chi connectivity index (χ0v) is 13.0. The molecule has 0 aliphatic rings. The van der Waals surface area contributed by atoms with Gasteiger partial charge in [-0.05, 0) is 5.56 Å². The lowest BCUT2D eigenvalue weighted by atomic mass is 10.2. The van der Waals surface area contributed by atoms with Crippen molar-refractivity contribution in [2.75, 3.05) is 6.54 Å². The molecular weight excluding hydrogens is 306 g/mol. The number of carbonyl (C=O) groups is 1. The summed E-state index contributed by atoms with van der Waals surface area (Å²) in [6, 6.07) is 9.55. The Bertz CT molecular complexity index is 774. The highest BCUT2D eigenvalue weighted by molar-refractivity contribution is 5.67. The normalized spacial score (nSPS) is 10.3. The highest BCUT2D eigenvalue weighted by Gasteiger charge is 2.08. The van der Waals surface area contributed by atoms with E-state index >= 15 is 0 Å². The third-order valence-electron chi connectivity index (χ3n) is 3.34. The molecule has 0 radical (unpaired) electrons. The van der Waals surface area contributed by atoms with Gasteiger partial charge in [-0.25, -0.2) is 14.8 Å². The number of ether oxygens (including phenoxy) is 1. The van der Waals surface area contributed by atoms with Crippen molar-refractivity contribution in [3.8, 4) is 11.5 Å². The molecule has 0 saturated heterocycles. The summed E-state index contributed by atoms with van der Waals surface area (Å²) in [6.07, 6.45) is 7.97. The van der Waals surface area contributed by atoms with Gasteiger partial charge in [0.05, 0.1) is 6.20 Å². The van der Waals surface area contributed by atoms with Crippen LogP contribution in [0.5, 0.6) is 0 Å². The molecule has 0 aliphatic heterocycles. The van der Waals surface area contributed by atoms with Crippen molar-refractivity contribution in [1.82, 2.24) is 24.8 Å². The molecule has 24 heavy (non-hydrogen) atoms. The molecule has 0 fully saturated rings. The topological polar surface area (TPSA) is 81.9 Å². The van der Waals surface area contributed by atoms with E-state index in [0.717, 1.165) is 5.56 Å². The first-order valence-corrected chi connectivity index (χ1v) is 7.55. The van der Waals surface area contributed by atoms with Gasteiger partial charge in [0.25, 0.3) is 0 Å². The van der Waals surface area contributed by atoms with Crippen molar-refractivity contribution in [2.45, 2.75) is 13.2 Å². The quantitative estimate of drug-likeness (QED) is 0.752. The number of nitrogens with one attached hydrogen (secondary N) is 1. The summed E-state index contributed by atoms with van der Waals surface area (Å²) in [5.41, 5.74) is 1.64. The van der Waals surface area contributed by atoms with Gasteiger partial charge < -0.3 is 14.6 Å². The molecule has 122 valence electrons. The Morgan fingerprint density at radius 3 is 2.79 bits per heavy atom. The van der Waals surface area contributed by atoms with Crippen LogP contribution in [0.4, 0.5) is 4.79 Å². The van der Waals surface area contributed by atoms with Crippen molar-refractivity contribution in [3.05, 3.63) is 66.9 Å². The minimum Gasteiger partial charge on any atom is -0.445 e. The predicted molar refractivity (Wildman–Crippen MR) is 87.9 cm³/mol. The van der Waals surface area contributed by atoms with Crippen molar-refractivity contribution in [1.29, 1.82) is 0 Å². The Hall–Kier alpha value is -3.22. The number of carbonyl (C=O) groups excluding carboxylic acids is 1. The fraction of sp³-hybridized carbons (Fsp3) is 0.176. The number of hydrogen-bond donors (Lipinski definition) is 1. The minimum absolute atomic E-state index is 0.253. The Kier molecular flexibility index (Phi) is 5.14. The van der Waals surface area contributed by atoms with E-state index in [1.54, 1.807) is 24.8 Å². The van der Waals surface area contributed by atoms with Gasteiger partial charge in [-0.1, -0.05) is 30.3 Å². The lowest BCUT2D eigenvalue weighted by molar-refractivity contribution is 0.139. The first-order chi connectivity index (χ1) is 11.8. The van der Waals surface area contributed by atoms with Crippen molar-refractivity contribution in [3.63, 3.8) is 0 Å². The Balaban J connectivity index is 1.47. The van der Waals surface area contributed by atoms with Crippen LogP contribution in [0.2, 0.25) is 0 Å². The van der Waals surface area contributed by atoms with Gasteiger partial charge in [-0.3, -0.25) is 4.98 Å². The van der Waals surface area contributed by atoms with Gasteiger partial charge in [0.1, 0.15) is 12.3 Å². The smallest absolute Gasteiger partial charge is 0.407 e. The highest BCUT2D eigenvalue weighted by atomic mass is 16.5. The number of alkyl carbamates (subject to hydrolysis) is 1. The van der Waals surface area contributed by atoms with Crippen LogP contribution in [-0.4, -0.2) is 32.2 Å². The van der Waals surface area contributed by atoms with E-state index in [-0.39, 0.29) is 6.61 Å². The second-order valence-corrected chi connectivity index (χ2v) is 5.02. The van der Waals surface area contributed by atoms with Crippen LogP contribution in [0, 0.1) is 0 Å². The molecule has 2 heterocycles. The molecule has 0 bridgehead atoms. The van der Waals surface area contributed by atoms with Crippen LogP contribution in [0.3, 0.4) is 0 Å². The summed E-state index contributed by atoms with van der Waals surface area (Å²) < 4.78 is 7.07. The number of imidazole rings is 1. The maximum atomic E-state index is 11.7. The van der Waals surface area contributed by atoms with Crippen LogP contribution in [0.15, 0.2) is 61.3 Å². The molecule has 0 atom stereocenters. The summed E-state index contributed by atoms with van der Waals surface area (Å²) in [6.45, 7) is 1.24. The molecule has 0 unspecified atom stereocenters. The van der Waals surface area contributed by atoms with E-state index in [2.05, 4.69) is 20.3 Å². The molecule has 1 aromatic carbocycles. The number of amides is 1. The fourth-order valence-corrected chi connectivity index (χ4v) is 2.19. The van der Waals surface area contributed by atoms with Crippen LogP contribution in [-0.2, 0) is 17.9 Å². The van der Waals surface area contributed by atoms with Gasteiger partial charge in [0.15, 0.2) is 5.82 Å². The van der Waals surface area contributed by atoms with E-state index in [1.165, 1.54) is 0 Å². The second kappa shape index (κ2) is 7.87. The van der Waals surface area contributed by atoms with Crippen LogP contribution in [0.25, 0.3) is 11.5 Å². The zero-order chi connectivity index (χ0) is 16.6. The average molecular weight is 323 g/mol. The average Bonchev–Trinajstić information content (AvgIpc) is 3.10. The van der Waals surface area contributed by atoms with Gasteiger partial charge in [-0.15, -0.1) is 0 Å². The van der Waals surface area contributed by atoms with Gasteiger partial charge in [0, 0.05) is 37.9 Å². The van der Waals surface area contributed by atoms with Crippen molar-refractivity contribution >= 4 is 6.09 Å². The Labute approximate surface area is 139 Å². The number of benzene rings is 1. The zero-order valence-electron chi connectivity index (χ0n) is 13.0. The summed E-state index contributed by atoms with van der Waals surface area (Å²) in [7, 11) is 0. The van der Waals surface area contributed by atoms with E-state index < -0.39 is 6.09 Å². The molecular formula is C17H17N5O2. The lowest BCUT2D eigenvalue weighted by Gasteiger charge is -2.09. The summed E-state index contributed by atoms with van der Waals surface area (Å²) in [5.74, 6) is 0.711. The van der Waals surface area contributed by atoms with Gasteiger partial charge in [0.2, 0.25) is 0 Å². The third-order valence-corrected chi connectivity index (χ3v) is 3.34. The Morgan fingerprint density at radius 1 is 1.12 bits per heavy atom. The van der Waals surface area contributed by atoms with E-state index in [0.29, 0.717) is 24.6 Å². The fourth-order valence-electron chi connectivity index (χ4n) is 2.19. The highest BCUT2D eigenvalue weighted by Crippen LogP contribution is 2.12. The molecule has 3 aromatic rings. The second-order valence-electron chi connectivity index (χ2n) is 5.02. The third kappa shape index (κ3) is 4.16. The van der Waals surface area contributed by atoms with E-state index in [4.69, 9.17) is 4.74 Å². The van der Waals surface area contributed by atoms with Crippen molar-refractivity contribution < 1.29 is 9.53 Å². The largest absolute Gasteiger partial charge is 0.445 e. The first kappa shape index (κ1) is 15.7. The molecule has 0 aliphatic carbocycles. The number of aromatic nitrogens is 4. The molecule has 2 aromatic heterocycles. The van der Waals surface area contributed by atoms with Crippen LogP contribution >= 0.6 is 0 Å². The standard InChI is InChI=1S/C17H17N5O2/c23-17(24-13-14-4-2-1-3-5-14)21-9-11-22-10-8-20-16(22)15-12-18-6-7-19-15/h1-8,10,12H,9,11,13H2,(H,21,23). The number of nitrogens with zero attached hydrogens (tertiary/aromatic N) is 4. The van der Waals surface area contributed by atoms with Crippen LogP contribution in [0.1, 0.15) is 5.56 Å². The van der Waals surface area contributed by atoms with Gasteiger partial charge in [-0.2, -0.15) is 0 Å². The molecule has 7 heteroatoms. The lowest BCUT2D eigenvalue weighted by Crippen LogP contribution is -2.27. The molecule has 1 N–H and O–H groups in total. The maximum Gasteiger partial charge on any atom is 0.407 e. The summed E-state index contributed by atoms with van der Waals surface area (Å²) >= 11 is 0.